The number of anilines is 1. The lowest BCUT2D eigenvalue weighted by Gasteiger charge is -2.35. The Morgan fingerprint density at radius 3 is 2.55 bits per heavy atom. The fourth-order valence-electron chi connectivity index (χ4n) is 2.05. The molecule has 1 aromatic rings. The highest BCUT2D eigenvalue weighted by Gasteiger charge is 2.33. The molecule has 1 fully saturated rings. The van der Waals surface area contributed by atoms with E-state index in [4.69, 9.17) is 10.8 Å². The van der Waals surface area contributed by atoms with Crippen LogP contribution in [0.2, 0.25) is 0 Å². The van der Waals surface area contributed by atoms with Crippen molar-refractivity contribution in [2.75, 3.05) is 25.0 Å². The van der Waals surface area contributed by atoms with Crippen LogP contribution in [0.3, 0.4) is 0 Å². The summed E-state index contributed by atoms with van der Waals surface area (Å²) in [4.78, 5) is 35.4. The van der Waals surface area contributed by atoms with Gasteiger partial charge in [-0.05, 0) is 12.1 Å². The Balaban J connectivity index is 1.90. The summed E-state index contributed by atoms with van der Waals surface area (Å²) in [6.45, 7) is 0.817. The van der Waals surface area contributed by atoms with Crippen LogP contribution >= 0.6 is 0 Å². The van der Waals surface area contributed by atoms with E-state index in [9.17, 15) is 14.4 Å². The van der Waals surface area contributed by atoms with Crippen molar-refractivity contribution in [2.24, 2.45) is 11.7 Å². The molecule has 0 aliphatic carbocycles. The molecule has 1 aromatic carbocycles. The molecule has 0 aromatic heterocycles. The molecule has 0 bridgehead atoms. The average molecular weight is 277 g/mol. The van der Waals surface area contributed by atoms with Gasteiger partial charge in [-0.25, -0.2) is 0 Å². The van der Waals surface area contributed by atoms with Crippen molar-refractivity contribution in [1.82, 2.24) is 4.90 Å². The molecule has 0 unspecified atom stereocenters. The highest BCUT2D eigenvalue weighted by atomic mass is 16.4. The third-order valence-electron chi connectivity index (χ3n) is 3.14. The number of aliphatic carboxylic acids is 1. The minimum atomic E-state index is -0.847. The first-order valence-corrected chi connectivity index (χ1v) is 6.11. The van der Waals surface area contributed by atoms with Crippen LogP contribution < -0.4 is 11.1 Å². The highest BCUT2D eigenvalue weighted by Crippen LogP contribution is 2.17. The second-order valence-electron chi connectivity index (χ2n) is 4.69. The van der Waals surface area contributed by atoms with E-state index in [1.165, 1.54) is 6.07 Å². The number of nitrogens with zero attached hydrogens (tertiary/aromatic N) is 1. The number of primary amides is 1. The number of carboxylic acids is 1. The smallest absolute Gasteiger partial charge is 0.309 e. The predicted molar refractivity (Wildman–Crippen MR) is 71.2 cm³/mol. The maximum absolute atomic E-state index is 11.8. The van der Waals surface area contributed by atoms with Crippen molar-refractivity contribution in [3.8, 4) is 0 Å². The number of rotatable bonds is 5. The Morgan fingerprint density at radius 1 is 1.30 bits per heavy atom. The molecule has 2 rings (SSSR count). The number of para-hydroxylation sites is 1. The summed E-state index contributed by atoms with van der Waals surface area (Å²) in [5, 5.41) is 11.3. The molecule has 7 heteroatoms. The number of carbonyl (C=O) groups is 3. The van der Waals surface area contributed by atoms with Gasteiger partial charge >= 0.3 is 5.97 Å². The molecular formula is C13H15N3O4. The van der Waals surface area contributed by atoms with Gasteiger partial charge in [0.15, 0.2) is 0 Å². The molecule has 1 aliphatic heterocycles. The molecule has 0 saturated carbocycles. The third-order valence-corrected chi connectivity index (χ3v) is 3.14. The molecule has 0 radical (unpaired) electrons. The highest BCUT2D eigenvalue weighted by molar-refractivity contribution is 6.03. The summed E-state index contributed by atoms with van der Waals surface area (Å²) in [5.41, 5.74) is 5.82. The number of amides is 2. The number of hydrogen-bond acceptors (Lipinski definition) is 4. The van der Waals surface area contributed by atoms with Gasteiger partial charge in [-0.2, -0.15) is 0 Å². The van der Waals surface area contributed by atoms with E-state index in [1.807, 2.05) is 0 Å². The second-order valence-corrected chi connectivity index (χ2v) is 4.69. The maximum atomic E-state index is 11.8. The summed E-state index contributed by atoms with van der Waals surface area (Å²) in [5.74, 6) is -2.17. The van der Waals surface area contributed by atoms with E-state index in [1.54, 1.807) is 23.1 Å². The molecular weight excluding hydrogens is 262 g/mol. The lowest BCUT2D eigenvalue weighted by Crippen LogP contribution is -2.52. The quantitative estimate of drug-likeness (QED) is 0.686. The molecule has 7 nitrogen and oxygen atoms in total. The van der Waals surface area contributed by atoms with Gasteiger partial charge in [-0.3, -0.25) is 19.3 Å². The van der Waals surface area contributed by atoms with Gasteiger partial charge in [-0.15, -0.1) is 0 Å². The van der Waals surface area contributed by atoms with Crippen LogP contribution in [0.15, 0.2) is 24.3 Å². The van der Waals surface area contributed by atoms with Gasteiger partial charge in [0.25, 0.3) is 5.91 Å². The van der Waals surface area contributed by atoms with Crippen molar-refractivity contribution in [1.29, 1.82) is 0 Å². The Morgan fingerprint density at radius 2 is 1.95 bits per heavy atom. The van der Waals surface area contributed by atoms with E-state index in [0.29, 0.717) is 18.8 Å². The number of nitrogens with two attached hydrogens (primary N) is 1. The third kappa shape index (κ3) is 3.12. The lowest BCUT2D eigenvalue weighted by molar-refractivity contribution is -0.148. The predicted octanol–water partition coefficient (Wildman–Crippen LogP) is -0.260. The van der Waals surface area contributed by atoms with Gasteiger partial charge in [0.2, 0.25) is 5.91 Å². The molecule has 1 saturated heterocycles. The van der Waals surface area contributed by atoms with Crippen LogP contribution in [0.4, 0.5) is 5.69 Å². The van der Waals surface area contributed by atoms with E-state index < -0.39 is 17.8 Å². The van der Waals surface area contributed by atoms with Crippen LogP contribution in [0, 0.1) is 5.92 Å². The second kappa shape index (κ2) is 5.70. The van der Waals surface area contributed by atoms with Crippen LogP contribution in [-0.4, -0.2) is 47.4 Å². The molecule has 2 amide bonds. The van der Waals surface area contributed by atoms with Crippen LogP contribution in [0.5, 0.6) is 0 Å². The monoisotopic (exact) mass is 277 g/mol. The topological polar surface area (TPSA) is 113 Å². The minimum absolute atomic E-state index is 0.0941. The van der Waals surface area contributed by atoms with Gasteiger partial charge in [0, 0.05) is 13.1 Å². The van der Waals surface area contributed by atoms with Gasteiger partial charge < -0.3 is 16.2 Å². The molecule has 106 valence electrons. The van der Waals surface area contributed by atoms with Crippen molar-refractivity contribution < 1.29 is 19.5 Å². The Kier molecular flexibility index (Phi) is 3.99. The van der Waals surface area contributed by atoms with Crippen molar-refractivity contribution in [3.05, 3.63) is 29.8 Å². The fourth-order valence-corrected chi connectivity index (χ4v) is 2.05. The number of benzene rings is 1. The number of nitrogens with one attached hydrogen (secondary N) is 1. The van der Waals surface area contributed by atoms with Crippen LogP contribution in [0.1, 0.15) is 10.4 Å². The average Bonchev–Trinajstić information content (AvgIpc) is 2.33. The Hall–Kier alpha value is -2.41. The molecule has 0 spiro atoms. The van der Waals surface area contributed by atoms with Crippen molar-refractivity contribution in [3.63, 3.8) is 0 Å². The Bertz CT molecular complexity index is 552. The standard InChI is InChI=1S/C13H15N3O4/c14-12(18)9-3-1-2-4-10(9)15-11(17)7-16-5-8(6-16)13(19)20/h1-4,8H,5-7H2,(H2,14,18)(H,15,17)(H,19,20). The SMILES string of the molecule is NC(=O)c1ccccc1NC(=O)CN1CC(C(=O)O)C1. The van der Waals surface area contributed by atoms with Crippen LogP contribution in [0.25, 0.3) is 0 Å². The van der Waals surface area contributed by atoms with E-state index in [-0.39, 0.29) is 18.0 Å². The number of carboxylic acid groups (broad SMARTS) is 1. The summed E-state index contributed by atoms with van der Waals surface area (Å²) in [6, 6.07) is 6.46. The molecule has 1 heterocycles. The summed E-state index contributed by atoms with van der Waals surface area (Å²) < 4.78 is 0. The summed E-state index contributed by atoms with van der Waals surface area (Å²) >= 11 is 0. The lowest BCUT2D eigenvalue weighted by atomic mass is 10.0. The molecule has 4 N–H and O–H groups in total. The largest absolute Gasteiger partial charge is 0.481 e. The van der Waals surface area contributed by atoms with E-state index in [2.05, 4.69) is 5.32 Å². The van der Waals surface area contributed by atoms with Crippen LogP contribution in [-0.2, 0) is 9.59 Å². The first-order chi connectivity index (χ1) is 9.47. The molecule has 20 heavy (non-hydrogen) atoms. The van der Waals surface area contributed by atoms with Gasteiger partial charge in [0.1, 0.15) is 0 Å². The zero-order valence-corrected chi connectivity index (χ0v) is 10.7. The zero-order chi connectivity index (χ0) is 14.7. The number of likely N-dealkylation sites (tertiary alicyclic amines) is 1. The number of hydrogen-bond donors (Lipinski definition) is 3. The summed E-state index contributed by atoms with van der Waals surface area (Å²) in [7, 11) is 0. The van der Waals surface area contributed by atoms with E-state index >= 15 is 0 Å². The normalized spacial score (nSPS) is 15.4. The molecule has 1 aliphatic rings. The number of carbonyl (C=O) groups excluding carboxylic acids is 2. The zero-order valence-electron chi connectivity index (χ0n) is 10.7. The molecule has 0 atom stereocenters. The first kappa shape index (κ1) is 14.0. The van der Waals surface area contributed by atoms with Crippen molar-refractivity contribution in [2.45, 2.75) is 0 Å². The maximum Gasteiger partial charge on any atom is 0.309 e. The van der Waals surface area contributed by atoms with Crippen molar-refractivity contribution >= 4 is 23.5 Å². The summed E-state index contributed by atoms with van der Waals surface area (Å²) in [6.07, 6.45) is 0. The first-order valence-electron chi connectivity index (χ1n) is 6.11. The Labute approximate surface area is 115 Å². The van der Waals surface area contributed by atoms with Gasteiger partial charge in [-0.1, -0.05) is 12.1 Å². The fraction of sp³-hybridized carbons (Fsp3) is 0.308. The van der Waals surface area contributed by atoms with Gasteiger partial charge in [0.05, 0.1) is 23.7 Å². The minimum Gasteiger partial charge on any atom is -0.481 e. The van der Waals surface area contributed by atoms with E-state index in [0.717, 1.165) is 0 Å².